The van der Waals surface area contributed by atoms with Crippen LogP contribution in [-0.2, 0) is 9.59 Å². The summed E-state index contributed by atoms with van der Waals surface area (Å²) in [4.78, 5) is 24.3. The van der Waals surface area contributed by atoms with Crippen molar-refractivity contribution in [3.05, 3.63) is 28.0 Å². The van der Waals surface area contributed by atoms with Gasteiger partial charge in [0, 0.05) is 15.8 Å². The fourth-order valence-corrected chi connectivity index (χ4v) is 3.55. The molecule has 9 heteroatoms. The van der Waals surface area contributed by atoms with Crippen molar-refractivity contribution in [3.63, 3.8) is 0 Å². The molecule has 110 valence electrons. The fourth-order valence-electron chi connectivity index (χ4n) is 1.29. The number of rotatable bonds is 6. The number of carbonyl (C=O) groups is 2. The summed E-state index contributed by atoms with van der Waals surface area (Å²) < 4.78 is 0.505. The molecule has 0 aliphatic rings. The van der Waals surface area contributed by atoms with E-state index in [0.717, 1.165) is 28.0 Å². The third-order valence-electron chi connectivity index (χ3n) is 2.12. The first-order chi connectivity index (χ1) is 10.0. The number of aryl methyl sites for hydroxylation is 1. The van der Waals surface area contributed by atoms with Crippen LogP contribution in [-0.4, -0.2) is 32.9 Å². The zero-order valence-corrected chi connectivity index (χ0v) is 13.3. The van der Waals surface area contributed by atoms with E-state index in [2.05, 4.69) is 15.5 Å². The van der Waals surface area contributed by atoms with Crippen LogP contribution in [0.2, 0.25) is 0 Å². The van der Waals surface area contributed by atoms with Crippen molar-refractivity contribution >= 4 is 57.5 Å². The SMILES string of the molecule is Cc1ccc(/C=C/C(=O)Nc2nnc(SCC(=O)O)s2)s1. The van der Waals surface area contributed by atoms with Crippen LogP contribution in [0.15, 0.2) is 22.5 Å². The van der Waals surface area contributed by atoms with Crippen LogP contribution in [0.4, 0.5) is 5.13 Å². The van der Waals surface area contributed by atoms with Crippen LogP contribution in [0, 0.1) is 6.92 Å². The maximum absolute atomic E-state index is 11.7. The topological polar surface area (TPSA) is 92.2 Å². The van der Waals surface area contributed by atoms with Gasteiger partial charge in [0.05, 0.1) is 5.75 Å². The average molecular weight is 341 g/mol. The number of carboxylic acids is 1. The second-order valence-electron chi connectivity index (χ2n) is 3.83. The van der Waals surface area contributed by atoms with Crippen LogP contribution in [0.25, 0.3) is 6.08 Å². The molecule has 1 amide bonds. The van der Waals surface area contributed by atoms with Crippen LogP contribution in [0.1, 0.15) is 9.75 Å². The Balaban J connectivity index is 1.87. The Morgan fingerprint density at radius 2 is 2.19 bits per heavy atom. The quantitative estimate of drug-likeness (QED) is 0.477. The van der Waals surface area contributed by atoms with E-state index in [-0.39, 0.29) is 11.7 Å². The van der Waals surface area contributed by atoms with Gasteiger partial charge in [-0.05, 0) is 25.1 Å². The predicted octanol–water partition coefficient (Wildman–Crippen LogP) is 2.74. The third-order valence-corrected chi connectivity index (χ3v) is 5.04. The van der Waals surface area contributed by atoms with Crippen LogP contribution in [0.3, 0.4) is 0 Å². The first kappa shape index (κ1) is 15.7. The number of hydrogen-bond acceptors (Lipinski definition) is 7. The highest BCUT2D eigenvalue weighted by Gasteiger charge is 2.08. The first-order valence-electron chi connectivity index (χ1n) is 5.76. The second kappa shape index (κ2) is 7.34. The number of hydrogen-bond donors (Lipinski definition) is 2. The summed E-state index contributed by atoms with van der Waals surface area (Å²) in [6, 6.07) is 3.92. The number of amides is 1. The molecule has 21 heavy (non-hydrogen) atoms. The molecular formula is C12H11N3O3S3. The smallest absolute Gasteiger partial charge is 0.313 e. The Labute approximate surface area is 132 Å². The van der Waals surface area contributed by atoms with E-state index in [1.165, 1.54) is 11.0 Å². The fraction of sp³-hybridized carbons (Fsp3) is 0.167. The number of thioether (sulfide) groups is 1. The molecule has 2 aromatic rings. The lowest BCUT2D eigenvalue weighted by molar-refractivity contribution is -0.133. The van der Waals surface area contributed by atoms with Crippen LogP contribution >= 0.6 is 34.4 Å². The summed E-state index contributed by atoms with van der Waals surface area (Å²) in [5.41, 5.74) is 0. The van der Waals surface area contributed by atoms with Crippen molar-refractivity contribution in [3.8, 4) is 0 Å². The van der Waals surface area contributed by atoms with E-state index in [4.69, 9.17) is 5.11 Å². The zero-order chi connectivity index (χ0) is 15.2. The summed E-state index contributed by atoms with van der Waals surface area (Å²) in [6.45, 7) is 2.00. The highest BCUT2D eigenvalue weighted by Crippen LogP contribution is 2.25. The summed E-state index contributed by atoms with van der Waals surface area (Å²) in [7, 11) is 0. The van der Waals surface area contributed by atoms with Crippen molar-refractivity contribution in [2.24, 2.45) is 0 Å². The minimum Gasteiger partial charge on any atom is -0.481 e. The predicted molar refractivity (Wildman–Crippen MR) is 85.0 cm³/mol. The maximum Gasteiger partial charge on any atom is 0.313 e. The molecule has 2 rings (SSSR count). The van der Waals surface area contributed by atoms with Gasteiger partial charge in [0.1, 0.15) is 0 Å². The van der Waals surface area contributed by atoms with E-state index >= 15 is 0 Å². The molecule has 0 saturated heterocycles. The number of aliphatic carboxylic acids is 1. The van der Waals surface area contributed by atoms with Crippen molar-refractivity contribution in [2.45, 2.75) is 11.3 Å². The van der Waals surface area contributed by atoms with Crippen molar-refractivity contribution in [1.82, 2.24) is 10.2 Å². The molecular weight excluding hydrogens is 330 g/mol. The van der Waals surface area contributed by atoms with Gasteiger partial charge in [0.2, 0.25) is 11.0 Å². The van der Waals surface area contributed by atoms with Gasteiger partial charge in [0.25, 0.3) is 0 Å². The third kappa shape index (κ3) is 5.29. The number of nitrogens with one attached hydrogen (secondary N) is 1. The average Bonchev–Trinajstić information content (AvgIpc) is 3.03. The minimum absolute atomic E-state index is 0.0831. The van der Waals surface area contributed by atoms with E-state index in [0.29, 0.717) is 9.47 Å². The number of nitrogens with zero attached hydrogens (tertiary/aromatic N) is 2. The molecule has 2 aromatic heterocycles. The van der Waals surface area contributed by atoms with Gasteiger partial charge < -0.3 is 5.11 Å². The van der Waals surface area contributed by atoms with Crippen molar-refractivity contribution < 1.29 is 14.7 Å². The summed E-state index contributed by atoms with van der Waals surface area (Å²) in [5.74, 6) is -1.30. The second-order valence-corrected chi connectivity index (χ2v) is 7.35. The number of anilines is 1. The monoisotopic (exact) mass is 341 g/mol. The molecule has 0 aromatic carbocycles. The highest BCUT2D eigenvalue weighted by molar-refractivity contribution is 8.01. The van der Waals surface area contributed by atoms with Gasteiger partial charge in [0.15, 0.2) is 4.34 Å². The number of carboxylic acid groups (broad SMARTS) is 1. The van der Waals surface area contributed by atoms with Gasteiger partial charge >= 0.3 is 5.97 Å². The van der Waals surface area contributed by atoms with Gasteiger partial charge in [-0.1, -0.05) is 23.1 Å². The molecule has 2 N–H and O–H groups in total. The molecule has 2 heterocycles. The maximum atomic E-state index is 11.7. The Morgan fingerprint density at radius 1 is 1.38 bits per heavy atom. The van der Waals surface area contributed by atoms with Crippen molar-refractivity contribution in [1.29, 1.82) is 0 Å². The lowest BCUT2D eigenvalue weighted by Gasteiger charge is -1.93. The van der Waals surface area contributed by atoms with E-state index < -0.39 is 5.97 Å². The van der Waals surface area contributed by atoms with E-state index in [9.17, 15) is 9.59 Å². The highest BCUT2D eigenvalue weighted by atomic mass is 32.2. The molecule has 0 saturated carbocycles. The summed E-state index contributed by atoms with van der Waals surface area (Å²) in [5, 5.41) is 19.1. The molecule has 0 bridgehead atoms. The van der Waals surface area contributed by atoms with Gasteiger partial charge in [-0.2, -0.15) is 0 Å². The van der Waals surface area contributed by atoms with Crippen LogP contribution < -0.4 is 5.32 Å². The van der Waals surface area contributed by atoms with Crippen molar-refractivity contribution in [2.75, 3.05) is 11.1 Å². The largest absolute Gasteiger partial charge is 0.481 e. The lowest BCUT2D eigenvalue weighted by Crippen LogP contribution is -2.07. The van der Waals surface area contributed by atoms with E-state index in [1.807, 2.05) is 19.1 Å². The summed E-state index contributed by atoms with van der Waals surface area (Å²) in [6.07, 6.45) is 3.16. The molecule has 0 radical (unpaired) electrons. The molecule has 6 nitrogen and oxygen atoms in total. The molecule has 0 fully saturated rings. The molecule has 0 aliphatic heterocycles. The number of aromatic nitrogens is 2. The number of carbonyl (C=O) groups excluding carboxylic acids is 1. The van der Waals surface area contributed by atoms with Gasteiger partial charge in [-0.3, -0.25) is 14.9 Å². The van der Waals surface area contributed by atoms with Gasteiger partial charge in [-0.15, -0.1) is 21.5 Å². The van der Waals surface area contributed by atoms with Gasteiger partial charge in [-0.25, -0.2) is 0 Å². The first-order valence-corrected chi connectivity index (χ1v) is 8.38. The Morgan fingerprint density at radius 3 is 2.86 bits per heavy atom. The minimum atomic E-state index is -0.921. The normalized spacial score (nSPS) is 10.9. The zero-order valence-electron chi connectivity index (χ0n) is 10.9. The summed E-state index contributed by atoms with van der Waals surface area (Å²) >= 11 is 3.81. The Bertz CT molecular complexity index is 678. The molecule has 0 aliphatic carbocycles. The molecule has 0 atom stereocenters. The number of thiophene rings is 1. The van der Waals surface area contributed by atoms with E-state index in [1.54, 1.807) is 17.4 Å². The lowest BCUT2D eigenvalue weighted by atomic mass is 10.4. The molecule has 0 spiro atoms. The van der Waals surface area contributed by atoms with Crippen LogP contribution in [0.5, 0.6) is 0 Å². The Kier molecular flexibility index (Phi) is 5.48. The standard InChI is InChI=1S/C12H11N3O3S3/c1-7-2-3-8(20-7)4-5-9(16)13-11-14-15-12(21-11)19-6-10(17)18/h2-5H,6H2,1H3,(H,17,18)(H,13,14,16)/b5-4+. The molecule has 0 unspecified atom stereocenters. The Hall–Kier alpha value is -1.71.